The molecule has 634 valence electrons. The van der Waals surface area contributed by atoms with Gasteiger partial charge in [0.2, 0.25) is 0 Å². The molecule has 4 nitrogen and oxygen atoms in total. The van der Waals surface area contributed by atoms with Crippen molar-refractivity contribution in [2.45, 2.75) is 116 Å². The highest BCUT2D eigenvalue weighted by atomic mass is 16.5. The molecule has 4 heterocycles. The standard InChI is InChI=1S/C126H103B2N3O/c1-121(2,3)88-65-67-107(99(76-88)80-41-19-13-20-42-80)130-110-79-111-106(78-105(110)127-103-61-35-37-63-109(103)129(92-74-90(123(7,8)9)73-91(75-92)124(10,11)12)112-69-82(70-113(130)119(112)127)93-55-39-57-97-95-53-31-33-59-101(95)125(117(93)97,84-45-23-15-24-46-84)85-47-25-16-26-48-85)128-104-62-36-38-64-115(104)132-116-72-83(71-114(120(116)128)131(111)108-68-66-89(122(4,5)6)77-100(108)81-43-21-14-22-44-81)94-56-40-58-98-96-54-32-34-60-102(96)126(118(94)98,86-49-27-17-28-50-86)87-51-29-18-30-52-87/h13-79H,1-12H3. The molecule has 132 heavy (non-hydrogen) atoms. The van der Waals surface area contributed by atoms with Crippen LogP contribution >= 0.6 is 0 Å². The zero-order valence-electron chi connectivity index (χ0n) is 77.1. The molecular formula is C126H103B2N3O. The van der Waals surface area contributed by atoms with Crippen LogP contribution in [0.15, 0.2) is 406 Å². The van der Waals surface area contributed by atoms with Crippen molar-refractivity contribution in [2.75, 3.05) is 14.7 Å². The van der Waals surface area contributed by atoms with E-state index in [2.05, 4.69) is 504 Å². The molecule has 0 amide bonds. The molecule has 0 N–H and O–H groups in total. The van der Waals surface area contributed by atoms with Crippen molar-refractivity contribution < 1.29 is 4.74 Å². The molecule has 0 bridgehead atoms. The van der Waals surface area contributed by atoms with Crippen LogP contribution < -0.4 is 52.2 Å². The Balaban J connectivity index is 0.862. The van der Waals surface area contributed by atoms with E-state index < -0.39 is 10.8 Å². The molecule has 6 aliphatic rings. The lowest BCUT2D eigenvalue weighted by molar-refractivity contribution is 0.487. The predicted octanol–water partition coefficient (Wildman–Crippen LogP) is 28.8. The zero-order valence-corrected chi connectivity index (χ0v) is 77.1. The number of hydrogen-bond donors (Lipinski definition) is 0. The number of rotatable bonds is 11. The summed E-state index contributed by atoms with van der Waals surface area (Å²) < 4.78 is 7.83. The van der Waals surface area contributed by atoms with Gasteiger partial charge in [-0.2, -0.15) is 0 Å². The minimum Gasteiger partial charge on any atom is -0.458 e. The van der Waals surface area contributed by atoms with E-state index >= 15 is 0 Å². The molecule has 6 heteroatoms. The van der Waals surface area contributed by atoms with E-state index in [1.807, 2.05) is 0 Å². The third kappa shape index (κ3) is 12.2. The molecule has 24 rings (SSSR count). The number of anilines is 9. The van der Waals surface area contributed by atoms with Gasteiger partial charge in [-0.15, -0.1) is 0 Å². The van der Waals surface area contributed by atoms with Gasteiger partial charge < -0.3 is 19.4 Å². The van der Waals surface area contributed by atoms with Gasteiger partial charge in [-0.05, 0) is 256 Å². The molecule has 0 fully saturated rings. The van der Waals surface area contributed by atoms with Crippen LogP contribution in [0.25, 0.3) is 66.8 Å². The van der Waals surface area contributed by atoms with Crippen molar-refractivity contribution in [2.24, 2.45) is 0 Å². The molecule has 0 unspecified atom stereocenters. The molecule has 18 aromatic rings. The molecule has 0 radical (unpaired) electrons. The van der Waals surface area contributed by atoms with Crippen molar-refractivity contribution >= 4 is 97.4 Å². The first-order valence-corrected chi connectivity index (χ1v) is 47.1. The maximum Gasteiger partial charge on any atom is 0.256 e. The van der Waals surface area contributed by atoms with Gasteiger partial charge in [0.1, 0.15) is 11.5 Å². The minimum absolute atomic E-state index is 0.201. The summed E-state index contributed by atoms with van der Waals surface area (Å²) in [6.45, 7) is 27.8. The fraction of sp³-hybridized carbons (Fsp3) is 0.143. The van der Waals surface area contributed by atoms with Gasteiger partial charge in [-0.25, -0.2) is 0 Å². The van der Waals surface area contributed by atoms with E-state index in [-0.39, 0.29) is 35.1 Å². The molecular weight excluding hydrogens is 1590 g/mol. The first kappa shape index (κ1) is 80.6. The normalized spacial score (nSPS) is 14.3. The quantitative estimate of drug-likeness (QED) is 0.120. The van der Waals surface area contributed by atoms with E-state index in [0.29, 0.717) is 0 Å². The number of para-hydroxylation sites is 2. The number of benzene rings is 18. The summed E-state index contributed by atoms with van der Waals surface area (Å²) >= 11 is 0. The van der Waals surface area contributed by atoms with E-state index in [9.17, 15) is 0 Å². The highest BCUT2D eigenvalue weighted by molar-refractivity contribution is 7.02. The molecule has 0 spiro atoms. The third-order valence-corrected chi connectivity index (χ3v) is 29.6. The van der Waals surface area contributed by atoms with Crippen molar-refractivity contribution in [3.8, 4) is 78.3 Å². The highest BCUT2D eigenvalue weighted by Gasteiger charge is 2.54. The Morgan fingerprint density at radius 2 is 0.576 bits per heavy atom. The van der Waals surface area contributed by atoms with Gasteiger partial charge in [-0.1, -0.05) is 411 Å². The summed E-state index contributed by atoms with van der Waals surface area (Å²) in [4.78, 5) is 8.14. The van der Waals surface area contributed by atoms with Crippen molar-refractivity contribution in [3.63, 3.8) is 0 Å². The van der Waals surface area contributed by atoms with Crippen LogP contribution in [0.3, 0.4) is 0 Å². The molecule has 0 saturated carbocycles. The Labute approximate surface area is 778 Å². The van der Waals surface area contributed by atoms with Crippen molar-refractivity contribution in [3.05, 3.63) is 473 Å². The van der Waals surface area contributed by atoms with Gasteiger partial charge in [-0.3, -0.25) is 0 Å². The van der Waals surface area contributed by atoms with Crippen LogP contribution in [0, 0.1) is 0 Å². The summed E-state index contributed by atoms with van der Waals surface area (Å²) in [5.74, 6) is 1.68. The summed E-state index contributed by atoms with van der Waals surface area (Å²) in [7, 11) is 0. The van der Waals surface area contributed by atoms with Gasteiger partial charge in [0.05, 0.1) is 22.2 Å². The molecule has 4 aliphatic heterocycles. The lowest BCUT2D eigenvalue weighted by Gasteiger charge is -2.47. The van der Waals surface area contributed by atoms with Gasteiger partial charge in [0.15, 0.2) is 0 Å². The maximum atomic E-state index is 7.83. The molecule has 0 aromatic heterocycles. The lowest BCUT2D eigenvalue weighted by Crippen LogP contribution is -2.64. The largest absolute Gasteiger partial charge is 0.458 e. The second-order valence-electron chi connectivity index (χ2n) is 41.4. The molecule has 2 aliphatic carbocycles. The van der Waals surface area contributed by atoms with Gasteiger partial charge in [0, 0.05) is 50.9 Å². The Morgan fingerprint density at radius 3 is 1.03 bits per heavy atom. The first-order chi connectivity index (χ1) is 64.0. The Kier molecular flexibility index (Phi) is 18.3. The van der Waals surface area contributed by atoms with Crippen LogP contribution in [-0.2, 0) is 32.5 Å². The third-order valence-electron chi connectivity index (χ3n) is 29.6. The second-order valence-corrected chi connectivity index (χ2v) is 41.4. The highest BCUT2D eigenvalue weighted by Crippen LogP contribution is 2.63. The monoisotopic (exact) mass is 1700 g/mol. The first-order valence-electron chi connectivity index (χ1n) is 47.1. The minimum atomic E-state index is -0.741. The van der Waals surface area contributed by atoms with Crippen molar-refractivity contribution in [1.29, 1.82) is 0 Å². The Morgan fingerprint density at radius 1 is 0.212 bits per heavy atom. The Hall–Kier alpha value is -14.7. The number of hydrogen-bond acceptors (Lipinski definition) is 4. The molecule has 18 aromatic carbocycles. The topological polar surface area (TPSA) is 19.0 Å². The maximum absolute atomic E-state index is 7.83. The van der Waals surface area contributed by atoms with Gasteiger partial charge in [0.25, 0.3) is 13.4 Å². The van der Waals surface area contributed by atoms with E-state index in [0.717, 1.165) is 113 Å². The average Bonchev–Trinajstić information content (AvgIpc) is 1.10. The van der Waals surface area contributed by atoms with Gasteiger partial charge >= 0.3 is 0 Å². The second kappa shape index (κ2) is 29.9. The smallest absolute Gasteiger partial charge is 0.256 e. The van der Waals surface area contributed by atoms with Crippen LogP contribution in [0.4, 0.5) is 51.2 Å². The van der Waals surface area contributed by atoms with Crippen LogP contribution in [0.2, 0.25) is 0 Å². The Bertz CT molecular complexity index is 7610. The summed E-state index contributed by atoms with van der Waals surface area (Å²) in [6.07, 6.45) is 0. The fourth-order valence-electron chi connectivity index (χ4n) is 23.4. The van der Waals surface area contributed by atoms with Crippen molar-refractivity contribution in [1.82, 2.24) is 0 Å². The summed E-state index contributed by atoms with van der Waals surface area (Å²) in [5.41, 5.74) is 43.8. The zero-order chi connectivity index (χ0) is 89.6. The number of nitrogens with zero attached hydrogens (tertiary/aromatic N) is 3. The van der Waals surface area contributed by atoms with E-state index in [4.69, 9.17) is 4.74 Å². The molecule has 0 atom stereocenters. The van der Waals surface area contributed by atoms with E-state index in [1.54, 1.807) is 0 Å². The van der Waals surface area contributed by atoms with E-state index in [1.165, 1.54) is 116 Å². The average molecular weight is 1700 g/mol. The predicted molar refractivity (Wildman–Crippen MR) is 557 cm³/mol. The SMILES string of the molecule is CC(C)(C)c1cc(N2c3ccccc3B3c4cc5c(cc4N(c4ccc(C(C)(C)C)cc4-c4ccccc4)c4cc(-c6cccc7c6C(c6ccccc6)(c6ccccc6)c6ccccc6-7)cc2c43)N(c2ccc(C(C)(C)C)cc2-c2ccccc2)c2cc(-c3cccc4c3C(c3ccccc3)(c3ccccc3)c3ccccc3-4)cc3c2B5c2ccccc2O3)cc(C(C)(C)C)c1. The number of fused-ring (bicyclic) bond motifs is 14. The lowest BCUT2D eigenvalue weighted by atomic mass is 9.30. The van der Waals surface area contributed by atoms with Crippen LogP contribution in [0.5, 0.6) is 11.5 Å². The molecule has 0 saturated heterocycles. The van der Waals surface area contributed by atoms with Crippen LogP contribution in [0.1, 0.15) is 150 Å². The van der Waals surface area contributed by atoms with Crippen LogP contribution in [-0.4, -0.2) is 13.4 Å². The summed E-state index contributed by atoms with van der Waals surface area (Å²) in [6, 6.07) is 157. The fourth-order valence-corrected chi connectivity index (χ4v) is 23.4. The summed E-state index contributed by atoms with van der Waals surface area (Å²) in [5, 5.41) is 0. The number of ether oxygens (including phenoxy) is 1.